The van der Waals surface area contributed by atoms with Crippen LogP contribution in [0, 0.1) is 5.92 Å². The van der Waals surface area contributed by atoms with Crippen LogP contribution in [0.3, 0.4) is 0 Å². The van der Waals surface area contributed by atoms with E-state index in [4.69, 9.17) is 23.2 Å². The van der Waals surface area contributed by atoms with Crippen LogP contribution in [-0.2, 0) is 0 Å². The molecular formula is C15H22Cl4N2. The third kappa shape index (κ3) is 4.89. The first-order chi connectivity index (χ1) is 9.25. The van der Waals surface area contributed by atoms with E-state index in [9.17, 15) is 0 Å². The third-order valence-corrected chi connectivity index (χ3v) is 5.02. The maximum atomic E-state index is 6.44. The van der Waals surface area contributed by atoms with Crippen LogP contribution in [0.25, 0.3) is 0 Å². The van der Waals surface area contributed by atoms with E-state index in [1.54, 1.807) is 0 Å². The van der Waals surface area contributed by atoms with E-state index in [-0.39, 0.29) is 24.8 Å². The number of piperazine rings is 1. The van der Waals surface area contributed by atoms with Crippen molar-refractivity contribution in [2.45, 2.75) is 25.3 Å². The molecule has 1 atom stereocenters. The number of halogens is 4. The standard InChI is InChI=1S/C15H20Cl2N2.2ClH/c16-13-3-1-2-12(15(13)17)14(10-11-4-5-11)19-8-6-18-7-9-19;;/h1-3,11,14,18H,4-10H2;2*1H/t14-;;/m1../s1. The van der Waals surface area contributed by atoms with E-state index in [0.29, 0.717) is 11.1 Å². The van der Waals surface area contributed by atoms with Crippen LogP contribution in [0.1, 0.15) is 30.9 Å². The van der Waals surface area contributed by atoms with Gasteiger partial charge in [0.25, 0.3) is 0 Å². The van der Waals surface area contributed by atoms with Gasteiger partial charge in [0.1, 0.15) is 0 Å². The molecule has 2 aliphatic rings. The minimum Gasteiger partial charge on any atom is -0.314 e. The zero-order chi connectivity index (χ0) is 13.2. The van der Waals surface area contributed by atoms with E-state index in [1.165, 1.54) is 24.8 Å². The zero-order valence-corrected chi connectivity index (χ0v) is 15.0. The molecule has 1 aromatic rings. The molecule has 0 bridgehead atoms. The molecule has 6 heteroatoms. The summed E-state index contributed by atoms with van der Waals surface area (Å²) in [6.45, 7) is 4.33. The van der Waals surface area contributed by atoms with Crippen molar-refractivity contribution in [3.05, 3.63) is 33.8 Å². The SMILES string of the molecule is Cl.Cl.Clc1cccc([C@@H](CC2CC2)N2CCNCC2)c1Cl. The Morgan fingerprint density at radius 1 is 1.14 bits per heavy atom. The molecule has 1 N–H and O–H groups in total. The summed E-state index contributed by atoms with van der Waals surface area (Å²) in [6, 6.07) is 6.47. The molecule has 120 valence electrons. The van der Waals surface area contributed by atoms with Gasteiger partial charge < -0.3 is 5.32 Å². The normalized spacial score (nSPS) is 20.3. The van der Waals surface area contributed by atoms with Crippen molar-refractivity contribution < 1.29 is 0 Å². The Labute approximate surface area is 149 Å². The monoisotopic (exact) mass is 370 g/mol. The summed E-state index contributed by atoms with van der Waals surface area (Å²) in [5.74, 6) is 0.884. The van der Waals surface area contributed by atoms with E-state index in [0.717, 1.165) is 37.1 Å². The summed E-state index contributed by atoms with van der Waals surface area (Å²) in [6.07, 6.45) is 3.97. The predicted molar refractivity (Wildman–Crippen MR) is 95.5 cm³/mol. The minimum atomic E-state index is 0. The summed E-state index contributed by atoms with van der Waals surface area (Å²) < 4.78 is 0. The fourth-order valence-corrected chi connectivity index (χ4v) is 3.35. The zero-order valence-electron chi connectivity index (χ0n) is 11.9. The lowest BCUT2D eigenvalue weighted by atomic mass is 9.98. The van der Waals surface area contributed by atoms with Crippen LogP contribution >= 0.6 is 48.0 Å². The molecule has 1 aliphatic heterocycles. The second-order valence-corrected chi connectivity index (χ2v) is 6.41. The van der Waals surface area contributed by atoms with Crippen molar-refractivity contribution in [2.24, 2.45) is 5.92 Å². The van der Waals surface area contributed by atoms with Crippen LogP contribution < -0.4 is 5.32 Å². The summed E-state index contributed by atoms with van der Waals surface area (Å²) in [7, 11) is 0. The summed E-state index contributed by atoms with van der Waals surface area (Å²) in [4.78, 5) is 2.56. The Morgan fingerprint density at radius 3 is 2.43 bits per heavy atom. The largest absolute Gasteiger partial charge is 0.314 e. The lowest BCUT2D eigenvalue weighted by Crippen LogP contribution is -2.45. The molecule has 1 heterocycles. The van der Waals surface area contributed by atoms with E-state index >= 15 is 0 Å². The van der Waals surface area contributed by atoms with Gasteiger partial charge in [-0.25, -0.2) is 0 Å². The molecule has 1 aliphatic carbocycles. The van der Waals surface area contributed by atoms with Gasteiger partial charge in [0, 0.05) is 32.2 Å². The molecular weight excluding hydrogens is 350 g/mol. The lowest BCUT2D eigenvalue weighted by molar-refractivity contribution is 0.160. The highest BCUT2D eigenvalue weighted by molar-refractivity contribution is 6.42. The van der Waals surface area contributed by atoms with Gasteiger partial charge in [0.2, 0.25) is 0 Å². The van der Waals surface area contributed by atoms with Gasteiger partial charge in [-0.3, -0.25) is 4.90 Å². The van der Waals surface area contributed by atoms with E-state index < -0.39 is 0 Å². The maximum absolute atomic E-state index is 6.44. The maximum Gasteiger partial charge on any atom is 0.0640 e. The molecule has 2 nitrogen and oxygen atoms in total. The quantitative estimate of drug-likeness (QED) is 0.832. The van der Waals surface area contributed by atoms with Crippen molar-refractivity contribution >= 4 is 48.0 Å². The molecule has 0 spiro atoms. The van der Waals surface area contributed by atoms with Gasteiger partial charge in [-0.1, -0.05) is 48.2 Å². The summed E-state index contributed by atoms with van der Waals surface area (Å²) >= 11 is 12.6. The van der Waals surface area contributed by atoms with Gasteiger partial charge in [0.15, 0.2) is 0 Å². The topological polar surface area (TPSA) is 15.3 Å². The lowest BCUT2D eigenvalue weighted by Gasteiger charge is -2.36. The van der Waals surface area contributed by atoms with Crippen molar-refractivity contribution in [1.82, 2.24) is 10.2 Å². The van der Waals surface area contributed by atoms with E-state index in [2.05, 4.69) is 16.3 Å². The fourth-order valence-electron chi connectivity index (χ4n) is 2.91. The number of rotatable bonds is 4. The highest BCUT2D eigenvalue weighted by Gasteiger charge is 2.31. The Kier molecular flexibility index (Phi) is 8.11. The van der Waals surface area contributed by atoms with Crippen molar-refractivity contribution in [1.29, 1.82) is 0 Å². The molecule has 0 unspecified atom stereocenters. The number of nitrogens with one attached hydrogen (secondary N) is 1. The number of benzene rings is 1. The van der Waals surface area contributed by atoms with Crippen molar-refractivity contribution in [3.63, 3.8) is 0 Å². The second kappa shape index (κ2) is 8.81. The first-order valence-electron chi connectivity index (χ1n) is 7.14. The van der Waals surface area contributed by atoms with Crippen LogP contribution in [0.5, 0.6) is 0 Å². The first-order valence-corrected chi connectivity index (χ1v) is 7.90. The van der Waals surface area contributed by atoms with Crippen LogP contribution in [0.4, 0.5) is 0 Å². The summed E-state index contributed by atoms with van der Waals surface area (Å²) in [5, 5.41) is 4.84. The average molecular weight is 372 g/mol. The van der Waals surface area contributed by atoms with E-state index in [1.807, 2.05) is 12.1 Å². The van der Waals surface area contributed by atoms with Gasteiger partial charge >= 0.3 is 0 Å². The molecule has 1 saturated heterocycles. The Hall–Kier alpha value is 0.300. The van der Waals surface area contributed by atoms with Gasteiger partial charge in [-0.2, -0.15) is 0 Å². The molecule has 0 aromatic heterocycles. The first kappa shape index (κ1) is 19.3. The molecule has 21 heavy (non-hydrogen) atoms. The Bertz CT molecular complexity index is 445. The minimum absolute atomic E-state index is 0. The third-order valence-electron chi connectivity index (χ3n) is 4.19. The van der Waals surface area contributed by atoms with Gasteiger partial charge in [-0.15, -0.1) is 24.8 Å². The molecule has 3 rings (SSSR count). The smallest absolute Gasteiger partial charge is 0.0640 e. The molecule has 0 radical (unpaired) electrons. The fraction of sp³-hybridized carbons (Fsp3) is 0.600. The van der Waals surface area contributed by atoms with Gasteiger partial charge in [0.05, 0.1) is 10.0 Å². The Morgan fingerprint density at radius 2 is 1.81 bits per heavy atom. The van der Waals surface area contributed by atoms with Gasteiger partial charge in [-0.05, 0) is 24.0 Å². The Balaban J connectivity index is 0.00000110. The summed E-state index contributed by atoms with van der Waals surface area (Å²) in [5.41, 5.74) is 1.21. The number of hydrogen-bond acceptors (Lipinski definition) is 2. The highest BCUT2D eigenvalue weighted by Crippen LogP contribution is 2.42. The average Bonchev–Trinajstić information content (AvgIpc) is 3.25. The second-order valence-electron chi connectivity index (χ2n) is 5.62. The van der Waals surface area contributed by atoms with Crippen molar-refractivity contribution in [2.75, 3.05) is 26.2 Å². The highest BCUT2D eigenvalue weighted by atomic mass is 35.5. The van der Waals surface area contributed by atoms with Crippen LogP contribution in [-0.4, -0.2) is 31.1 Å². The van der Waals surface area contributed by atoms with Crippen LogP contribution in [0.2, 0.25) is 10.0 Å². The molecule has 1 aromatic carbocycles. The molecule has 2 fully saturated rings. The number of hydrogen-bond donors (Lipinski definition) is 1. The van der Waals surface area contributed by atoms with Crippen LogP contribution in [0.15, 0.2) is 18.2 Å². The predicted octanol–water partition coefficient (Wildman–Crippen LogP) is 4.58. The van der Waals surface area contributed by atoms with Crippen molar-refractivity contribution in [3.8, 4) is 0 Å². The molecule has 1 saturated carbocycles. The molecule has 0 amide bonds. The number of nitrogens with zero attached hydrogens (tertiary/aromatic N) is 1.